The Morgan fingerprint density at radius 2 is 1.86 bits per heavy atom. The second-order valence-corrected chi connectivity index (χ2v) is 8.16. The van der Waals surface area contributed by atoms with Crippen molar-refractivity contribution in [2.24, 2.45) is 0 Å². The predicted molar refractivity (Wildman–Crippen MR) is 86.4 cm³/mol. The van der Waals surface area contributed by atoms with Gasteiger partial charge in [-0.25, -0.2) is 8.42 Å². The van der Waals surface area contributed by atoms with Crippen molar-refractivity contribution in [2.45, 2.75) is 31.1 Å². The molecule has 0 saturated heterocycles. The molecule has 0 amide bonds. The summed E-state index contributed by atoms with van der Waals surface area (Å²) < 4.78 is 26.8. The number of rotatable bonds is 5. The maximum Gasteiger partial charge on any atom is 0.273 e. The van der Waals surface area contributed by atoms with Crippen LogP contribution in [0.25, 0.3) is 0 Å². The molecule has 0 spiro atoms. The van der Waals surface area contributed by atoms with Crippen LogP contribution in [-0.4, -0.2) is 20.6 Å². The lowest BCUT2D eigenvalue weighted by Crippen LogP contribution is -2.25. The molecule has 114 valence electrons. The van der Waals surface area contributed by atoms with E-state index >= 15 is 0 Å². The molecule has 1 aromatic carbocycles. The molecule has 6 heteroatoms. The number of anilines is 1. The van der Waals surface area contributed by atoms with Crippen molar-refractivity contribution in [1.29, 1.82) is 0 Å². The van der Waals surface area contributed by atoms with Crippen molar-refractivity contribution in [2.75, 3.05) is 11.4 Å². The zero-order valence-corrected chi connectivity index (χ0v) is 14.0. The second kappa shape index (κ2) is 6.17. The van der Waals surface area contributed by atoms with Crippen LogP contribution < -0.4 is 4.31 Å². The Labute approximate surface area is 129 Å². The van der Waals surface area contributed by atoms with Crippen LogP contribution in [0.4, 0.5) is 5.69 Å². The molecule has 2 aromatic rings. The van der Waals surface area contributed by atoms with Crippen LogP contribution in [0, 0.1) is 6.92 Å². The van der Waals surface area contributed by atoms with Crippen molar-refractivity contribution in [1.82, 2.24) is 0 Å². The van der Waals surface area contributed by atoms with E-state index in [1.807, 2.05) is 24.3 Å². The van der Waals surface area contributed by atoms with Gasteiger partial charge in [-0.15, -0.1) is 11.3 Å². The molecule has 0 saturated carbocycles. The Kier molecular flexibility index (Phi) is 4.70. The molecular formula is C15H19NO3S2. The summed E-state index contributed by atoms with van der Waals surface area (Å²) in [6.07, 6.45) is 0.917. The lowest BCUT2D eigenvalue weighted by molar-refractivity contribution is 0.285. The Morgan fingerprint density at radius 3 is 2.33 bits per heavy atom. The molecule has 2 rings (SSSR count). The highest BCUT2D eigenvalue weighted by molar-refractivity contribution is 7.94. The normalized spacial score (nSPS) is 11.6. The third-order valence-corrected chi connectivity index (χ3v) is 6.92. The summed E-state index contributed by atoms with van der Waals surface area (Å²) in [6, 6.07) is 9.09. The largest absolute Gasteiger partial charge is 0.391 e. The summed E-state index contributed by atoms with van der Waals surface area (Å²) >= 11 is 1.12. The van der Waals surface area contributed by atoms with Crippen molar-refractivity contribution in [3.63, 3.8) is 0 Å². The SMILES string of the molecule is CCc1ccc(N(C)S(=O)(=O)c2cc(C)c(CO)s2)cc1. The van der Waals surface area contributed by atoms with Crippen LogP contribution in [0.2, 0.25) is 0 Å². The lowest BCUT2D eigenvalue weighted by atomic mass is 10.1. The van der Waals surface area contributed by atoms with Gasteiger partial charge in [0.2, 0.25) is 0 Å². The van der Waals surface area contributed by atoms with Gasteiger partial charge < -0.3 is 5.11 Å². The number of hydrogen-bond acceptors (Lipinski definition) is 4. The van der Waals surface area contributed by atoms with Gasteiger partial charge in [-0.2, -0.15) is 0 Å². The number of benzene rings is 1. The van der Waals surface area contributed by atoms with Gasteiger partial charge in [0.05, 0.1) is 12.3 Å². The maximum absolute atomic E-state index is 12.6. The smallest absolute Gasteiger partial charge is 0.273 e. The molecule has 0 aliphatic rings. The fourth-order valence-electron chi connectivity index (χ4n) is 1.99. The number of nitrogens with zero attached hydrogens (tertiary/aromatic N) is 1. The summed E-state index contributed by atoms with van der Waals surface area (Å²) in [5, 5.41) is 9.21. The molecule has 4 nitrogen and oxygen atoms in total. The van der Waals surface area contributed by atoms with E-state index in [0.717, 1.165) is 23.3 Å². The summed E-state index contributed by atoms with van der Waals surface area (Å²) in [7, 11) is -2.04. The average molecular weight is 325 g/mol. The van der Waals surface area contributed by atoms with E-state index in [-0.39, 0.29) is 10.8 Å². The molecule has 1 aromatic heterocycles. The zero-order valence-electron chi connectivity index (χ0n) is 12.3. The van der Waals surface area contributed by atoms with E-state index in [0.29, 0.717) is 10.6 Å². The first-order chi connectivity index (χ1) is 9.90. The fourth-order valence-corrected chi connectivity index (χ4v) is 4.80. The average Bonchev–Trinajstić information content (AvgIpc) is 2.88. The predicted octanol–water partition coefficient (Wildman–Crippen LogP) is 2.94. The number of hydrogen-bond donors (Lipinski definition) is 1. The van der Waals surface area contributed by atoms with E-state index in [2.05, 4.69) is 6.92 Å². The molecule has 0 aliphatic carbocycles. The van der Waals surface area contributed by atoms with Gasteiger partial charge in [-0.1, -0.05) is 19.1 Å². The molecule has 0 aliphatic heterocycles. The van der Waals surface area contributed by atoms with Gasteiger partial charge >= 0.3 is 0 Å². The standard InChI is InChI=1S/C15H19NO3S2/c1-4-12-5-7-13(8-6-12)16(3)21(18,19)15-9-11(2)14(10-17)20-15/h5-9,17H,4,10H2,1-3H3. The molecular weight excluding hydrogens is 306 g/mol. The summed E-state index contributed by atoms with van der Waals surface area (Å²) in [6.45, 7) is 3.72. The lowest BCUT2D eigenvalue weighted by Gasteiger charge is -2.18. The van der Waals surface area contributed by atoms with E-state index < -0.39 is 10.0 Å². The molecule has 21 heavy (non-hydrogen) atoms. The quantitative estimate of drug-likeness (QED) is 0.919. The van der Waals surface area contributed by atoms with Gasteiger partial charge in [-0.05, 0) is 42.7 Å². The Bertz CT molecular complexity index is 718. The summed E-state index contributed by atoms with van der Waals surface area (Å²) in [5.41, 5.74) is 2.60. The highest BCUT2D eigenvalue weighted by Gasteiger charge is 2.24. The highest BCUT2D eigenvalue weighted by atomic mass is 32.2. The topological polar surface area (TPSA) is 57.6 Å². The van der Waals surface area contributed by atoms with Gasteiger partial charge in [0, 0.05) is 11.9 Å². The summed E-state index contributed by atoms with van der Waals surface area (Å²) in [5.74, 6) is 0. The van der Waals surface area contributed by atoms with Crippen molar-refractivity contribution in [3.05, 3.63) is 46.3 Å². The molecule has 1 heterocycles. The van der Waals surface area contributed by atoms with Crippen molar-refractivity contribution >= 4 is 27.0 Å². The van der Waals surface area contributed by atoms with Crippen molar-refractivity contribution < 1.29 is 13.5 Å². The van der Waals surface area contributed by atoms with Gasteiger partial charge in [0.15, 0.2) is 0 Å². The molecule has 0 bridgehead atoms. The summed E-state index contributed by atoms with van der Waals surface area (Å²) in [4.78, 5) is 0.684. The fraction of sp³-hybridized carbons (Fsp3) is 0.333. The molecule has 0 unspecified atom stereocenters. The second-order valence-electron chi connectivity index (χ2n) is 4.82. The monoisotopic (exact) mass is 325 g/mol. The number of aryl methyl sites for hydroxylation is 2. The molecule has 1 N–H and O–H groups in total. The van der Waals surface area contributed by atoms with Crippen LogP contribution in [0.15, 0.2) is 34.5 Å². The van der Waals surface area contributed by atoms with E-state index in [9.17, 15) is 13.5 Å². The minimum atomic E-state index is -3.58. The number of aliphatic hydroxyl groups is 1. The zero-order chi connectivity index (χ0) is 15.6. The third kappa shape index (κ3) is 3.12. The Balaban J connectivity index is 2.36. The van der Waals surface area contributed by atoms with Crippen LogP contribution in [0.5, 0.6) is 0 Å². The highest BCUT2D eigenvalue weighted by Crippen LogP contribution is 2.30. The van der Waals surface area contributed by atoms with Gasteiger partial charge in [-0.3, -0.25) is 4.31 Å². The Hall–Kier alpha value is -1.37. The van der Waals surface area contributed by atoms with Crippen LogP contribution in [0.3, 0.4) is 0 Å². The van der Waals surface area contributed by atoms with E-state index in [1.54, 1.807) is 20.0 Å². The van der Waals surface area contributed by atoms with Crippen LogP contribution in [0.1, 0.15) is 22.9 Å². The first kappa shape index (κ1) is 16.0. The minimum absolute atomic E-state index is 0.138. The van der Waals surface area contributed by atoms with Crippen LogP contribution in [-0.2, 0) is 23.1 Å². The van der Waals surface area contributed by atoms with E-state index in [1.165, 1.54) is 9.87 Å². The molecule has 0 radical (unpaired) electrons. The minimum Gasteiger partial charge on any atom is -0.391 e. The molecule has 0 fully saturated rings. The number of aliphatic hydroxyl groups excluding tert-OH is 1. The first-order valence-corrected chi connectivity index (χ1v) is 8.93. The van der Waals surface area contributed by atoms with E-state index in [4.69, 9.17) is 0 Å². The maximum atomic E-state index is 12.6. The van der Waals surface area contributed by atoms with Crippen molar-refractivity contribution in [3.8, 4) is 0 Å². The number of sulfonamides is 1. The van der Waals surface area contributed by atoms with Gasteiger partial charge in [0.1, 0.15) is 4.21 Å². The van der Waals surface area contributed by atoms with Crippen LogP contribution >= 0.6 is 11.3 Å². The molecule has 0 atom stereocenters. The number of thiophene rings is 1. The van der Waals surface area contributed by atoms with Gasteiger partial charge in [0.25, 0.3) is 10.0 Å². The Morgan fingerprint density at radius 1 is 1.24 bits per heavy atom. The first-order valence-electron chi connectivity index (χ1n) is 6.68. The third-order valence-electron chi connectivity index (χ3n) is 3.46.